The van der Waals surface area contributed by atoms with Crippen molar-refractivity contribution in [3.8, 4) is 33.4 Å². The molecular formula is C59H39NO. The van der Waals surface area contributed by atoms with E-state index in [-0.39, 0.29) is 0 Å². The maximum Gasteiger partial charge on any atom is 0.137 e. The molecule has 10 aromatic carbocycles. The Labute approximate surface area is 355 Å². The Morgan fingerprint density at radius 2 is 0.934 bits per heavy atom. The lowest BCUT2D eigenvalue weighted by Gasteiger charge is -2.34. The molecule has 0 atom stereocenters. The molecule has 1 aliphatic rings. The van der Waals surface area contributed by atoms with E-state index in [0.29, 0.717) is 0 Å². The summed E-state index contributed by atoms with van der Waals surface area (Å²) in [6.45, 7) is 0. The van der Waals surface area contributed by atoms with Gasteiger partial charge >= 0.3 is 0 Å². The summed E-state index contributed by atoms with van der Waals surface area (Å²) >= 11 is 0. The number of hydrogen-bond donors (Lipinski definition) is 0. The third-order valence-electron chi connectivity index (χ3n) is 12.7. The summed E-state index contributed by atoms with van der Waals surface area (Å²) in [6.07, 6.45) is 0. The van der Waals surface area contributed by atoms with Crippen molar-refractivity contribution in [2.45, 2.75) is 5.41 Å². The molecule has 1 aliphatic carbocycles. The third kappa shape index (κ3) is 5.43. The van der Waals surface area contributed by atoms with E-state index in [4.69, 9.17) is 4.42 Å². The minimum Gasteiger partial charge on any atom is -0.456 e. The van der Waals surface area contributed by atoms with Crippen molar-refractivity contribution in [2.24, 2.45) is 0 Å². The van der Waals surface area contributed by atoms with Gasteiger partial charge in [-0.2, -0.15) is 0 Å². The van der Waals surface area contributed by atoms with E-state index < -0.39 is 5.41 Å². The molecule has 11 aromatic rings. The number of furan rings is 1. The Balaban J connectivity index is 1.09. The normalized spacial score (nSPS) is 12.7. The second kappa shape index (κ2) is 14.1. The van der Waals surface area contributed by atoms with Crippen LogP contribution in [0.1, 0.15) is 22.3 Å². The van der Waals surface area contributed by atoms with Crippen molar-refractivity contribution in [1.29, 1.82) is 0 Å². The molecule has 0 N–H and O–H groups in total. The molecule has 1 aromatic heterocycles. The zero-order chi connectivity index (χ0) is 40.3. The molecule has 0 unspecified atom stereocenters. The number of benzene rings is 10. The molecule has 2 nitrogen and oxygen atoms in total. The van der Waals surface area contributed by atoms with Crippen LogP contribution in [0.4, 0.5) is 17.1 Å². The Bertz CT molecular complexity index is 3370. The number of fused-ring (bicyclic) bond motifs is 7. The smallest absolute Gasteiger partial charge is 0.137 e. The number of nitrogens with zero attached hydrogens (tertiary/aromatic N) is 1. The summed E-state index contributed by atoms with van der Waals surface area (Å²) in [5.74, 6) is 0. The topological polar surface area (TPSA) is 16.4 Å². The molecule has 0 fully saturated rings. The van der Waals surface area contributed by atoms with Crippen LogP contribution in [0.15, 0.2) is 241 Å². The highest BCUT2D eigenvalue weighted by Crippen LogP contribution is 2.60. The van der Waals surface area contributed by atoms with Gasteiger partial charge in [-0.25, -0.2) is 0 Å². The number of para-hydroxylation sites is 1. The van der Waals surface area contributed by atoms with Crippen LogP contribution >= 0.6 is 0 Å². The van der Waals surface area contributed by atoms with Gasteiger partial charge in [0.1, 0.15) is 11.2 Å². The standard InChI is InChI=1S/C59H39NO/c1-3-21-44(22-4-1)59(45-23-5-2-6-24-45)51-29-11-9-26-49(51)57-52(59)30-15-31-53(57)60(54-32-16-34-56-58(54)50-27-10-12-33-55(50)61-56)46-37-35-40(36-38-46)42-19-13-20-43(39-42)48-28-14-18-41-17-7-8-25-47(41)48/h1-39H. The molecule has 0 amide bonds. The first kappa shape index (κ1) is 35.0. The van der Waals surface area contributed by atoms with Crippen molar-refractivity contribution < 1.29 is 4.42 Å². The van der Waals surface area contributed by atoms with Crippen LogP contribution in [0.25, 0.3) is 66.1 Å². The Morgan fingerprint density at radius 3 is 1.75 bits per heavy atom. The average Bonchev–Trinajstić information content (AvgIpc) is 3.87. The largest absolute Gasteiger partial charge is 0.456 e. The third-order valence-corrected chi connectivity index (χ3v) is 12.7. The summed E-state index contributed by atoms with van der Waals surface area (Å²) < 4.78 is 6.54. The molecule has 2 heteroatoms. The van der Waals surface area contributed by atoms with Crippen LogP contribution in [0.5, 0.6) is 0 Å². The molecule has 0 saturated carbocycles. The molecule has 0 bridgehead atoms. The van der Waals surface area contributed by atoms with E-state index >= 15 is 0 Å². The fraction of sp³-hybridized carbons (Fsp3) is 0.0169. The number of hydrogen-bond acceptors (Lipinski definition) is 2. The van der Waals surface area contributed by atoms with Gasteiger partial charge in [0.2, 0.25) is 0 Å². The van der Waals surface area contributed by atoms with E-state index in [9.17, 15) is 0 Å². The van der Waals surface area contributed by atoms with E-state index in [0.717, 1.165) is 44.6 Å². The van der Waals surface area contributed by atoms with Crippen LogP contribution in [-0.2, 0) is 5.41 Å². The zero-order valence-electron chi connectivity index (χ0n) is 33.4. The highest BCUT2D eigenvalue weighted by molar-refractivity contribution is 6.14. The van der Waals surface area contributed by atoms with Gasteiger partial charge in [-0.3, -0.25) is 0 Å². The quantitative estimate of drug-likeness (QED) is 0.160. The molecule has 1 heterocycles. The van der Waals surface area contributed by atoms with Gasteiger partial charge in [-0.1, -0.05) is 194 Å². The highest BCUT2D eigenvalue weighted by atomic mass is 16.3. The van der Waals surface area contributed by atoms with Crippen molar-refractivity contribution in [1.82, 2.24) is 0 Å². The van der Waals surface area contributed by atoms with Crippen LogP contribution in [0, 0.1) is 0 Å². The average molecular weight is 778 g/mol. The molecule has 0 saturated heterocycles. The molecule has 286 valence electrons. The zero-order valence-corrected chi connectivity index (χ0v) is 33.4. The van der Waals surface area contributed by atoms with E-state index in [1.54, 1.807) is 0 Å². The van der Waals surface area contributed by atoms with Gasteiger partial charge in [0.15, 0.2) is 0 Å². The van der Waals surface area contributed by atoms with Crippen molar-refractivity contribution in [3.05, 3.63) is 259 Å². The Morgan fingerprint density at radius 1 is 0.361 bits per heavy atom. The molecule has 0 aliphatic heterocycles. The molecule has 0 radical (unpaired) electrons. The maximum atomic E-state index is 6.54. The van der Waals surface area contributed by atoms with Crippen LogP contribution < -0.4 is 4.90 Å². The fourth-order valence-corrected chi connectivity index (χ4v) is 10.2. The minimum absolute atomic E-state index is 0.524. The lowest BCUT2D eigenvalue weighted by atomic mass is 9.68. The molecule has 61 heavy (non-hydrogen) atoms. The summed E-state index contributed by atoms with van der Waals surface area (Å²) in [7, 11) is 0. The van der Waals surface area contributed by atoms with Gasteiger partial charge in [-0.15, -0.1) is 0 Å². The highest BCUT2D eigenvalue weighted by Gasteiger charge is 2.47. The number of rotatable bonds is 7. The summed E-state index contributed by atoms with van der Waals surface area (Å²) in [4.78, 5) is 2.46. The van der Waals surface area contributed by atoms with Crippen LogP contribution in [0.3, 0.4) is 0 Å². The summed E-state index contributed by atoms with van der Waals surface area (Å²) in [5.41, 5.74) is 16.7. The van der Waals surface area contributed by atoms with Gasteiger partial charge in [-0.05, 0) is 103 Å². The van der Waals surface area contributed by atoms with E-state index in [2.05, 4.69) is 235 Å². The Kier molecular flexibility index (Phi) is 8.11. The predicted octanol–water partition coefficient (Wildman–Crippen LogP) is 15.9. The van der Waals surface area contributed by atoms with Gasteiger partial charge in [0, 0.05) is 16.6 Å². The maximum absolute atomic E-state index is 6.54. The first-order valence-corrected chi connectivity index (χ1v) is 21.0. The van der Waals surface area contributed by atoms with Gasteiger partial charge in [0.05, 0.1) is 22.2 Å². The van der Waals surface area contributed by atoms with E-state index in [1.807, 2.05) is 6.07 Å². The summed E-state index contributed by atoms with van der Waals surface area (Å²) in [6, 6.07) is 86.0. The van der Waals surface area contributed by atoms with Crippen molar-refractivity contribution in [2.75, 3.05) is 4.90 Å². The molecule has 0 spiro atoms. The second-order valence-corrected chi connectivity index (χ2v) is 16.0. The second-order valence-electron chi connectivity index (χ2n) is 16.0. The Hall–Kier alpha value is -7.94. The molecule has 12 rings (SSSR count). The lowest BCUT2D eigenvalue weighted by Crippen LogP contribution is -2.28. The van der Waals surface area contributed by atoms with Crippen LogP contribution in [-0.4, -0.2) is 0 Å². The van der Waals surface area contributed by atoms with E-state index in [1.165, 1.54) is 60.8 Å². The van der Waals surface area contributed by atoms with Gasteiger partial charge < -0.3 is 9.32 Å². The van der Waals surface area contributed by atoms with Crippen molar-refractivity contribution >= 4 is 49.8 Å². The minimum atomic E-state index is -0.524. The monoisotopic (exact) mass is 777 g/mol. The number of anilines is 3. The molecular weight excluding hydrogens is 739 g/mol. The predicted molar refractivity (Wildman–Crippen MR) is 254 cm³/mol. The van der Waals surface area contributed by atoms with Crippen molar-refractivity contribution in [3.63, 3.8) is 0 Å². The first-order valence-electron chi connectivity index (χ1n) is 21.0. The van der Waals surface area contributed by atoms with Gasteiger partial charge in [0.25, 0.3) is 0 Å². The van der Waals surface area contributed by atoms with Crippen LogP contribution in [0.2, 0.25) is 0 Å². The lowest BCUT2D eigenvalue weighted by molar-refractivity contribution is 0.669. The fourth-order valence-electron chi connectivity index (χ4n) is 10.2. The SMILES string of the molecule is c1ccc(C2(c3ccccc3)c3ccccc3-c3c(N(c4ccc(-c5cccc(-c6cccc7ccccc67)c5)cc4)c4cccc5oc6ccccc6c45)cccc32)cc1. The first-order chi connectivity index (χ1) is 30.3. The summed E-state index contributed by atoms with van der Waals surface area (Å²) in [5, 5.41) is 4.69.